The molecule has 0 aliphatic carbocycles. The SMILES string of the molecule is COc1cc(CN2CCC(F)(F)CC2)ccc1OC[C@H](O)CN1CCCC1. The maximum absolute atomic E-state index is 13.3. The number of ether oxygens (including phenoxy) is 2. The first-order chi connectivity index (χ1) is 12.9. The van der Waals surface area contributed by atoms with Crippen molar-refractivity contribution in [3.05, 3.63) is 23.8 Å². The van der Waals surface area contributed by atoms with Gasteiger partial charge in [0, 0.05) is 39.0 Å². The molecule has 0 bridgehead atoms. The van der Waals surface area contributed by atoms with Crippen LogP contribution < -0.4 is 9.47 Å². The lowest BCUT2D eigenvalue weighted by atomic mass is 10.1. The molecule has 7 heteroatoms. The Kier molecular flexibility index (Phi) is 6.89. The molecule has 0 saturated carbocycles. The highest BCUT2D eigenvalue weighted by Gasteiger charge is 2.33. The van der Waals surface area contributed by atoms with Crippen molar-refractivity contribution < 1.29 is 23.4 Å². The quantitative estimate of drug-likeness (QED) is 0.747. The molecule has 0 amide bonds. The number of likely N-dealkylation sites (tertiary alicyclic amines) is 2. The van der Waals surface area contributed by atoms with Crippen LogP contribution in [0.2, 0.25) is 0 Å². The minimum absolute atomic E-state index is 0.0831. The number of hydrogen-bond acceptors (Lipinski definition) is 5. The molecule has 1 atom stereocenters. The number of benzene rings is 1. The number of rotatable bonds is 8. The Hall–Kier alpha value is -1.44. The third-order valence-corrected chi connectivity index (χ3v) is 5.32. The fraction of sp³-hybridized carbons (Fsp3) is 0.700. The molecule has 1 aromatic carbocycles. The van der Waals surface area contributed by atoms with E-state index in [1.54, 1.807) is 7.11 Å². The number of aliphatic hydroxyl groups excluding tert-OH is 1. The van der Waals surface area contributed by atoms with Crippen LogP contribution in [-0.2, 0) is 6.54 Å². The molecule has 0 aromatic heterocycles. The van der Waals surface area contributed by atoms with Gasteiger partial charge in [-0.05, 0) is 43.6 Å². The Morgan fingerprint density at radius 1 is 1.07 bits per heavy atom. The molecule has 0 radical (unpaired) electrons. The van der Waals surface area contributed by atoms with Crippen molar-refractivity contribution in [3.63, 3.8) is 0 Å². The normalized spacial score (nSPS) is 21.9. The smallest absolute Gasteiger partial charge is 0.250 e. The summed E-state index contributed by atoms with van der Waals surface area (Å²) in [5.74, 6) is -1.34. The highest BCUT2D eigenvalue weighted by molar-refractivity contribution is 5.43. The number of β-amino-alcohol motifs (C(OH)–C–C–N with tert-alkyl or cyclic N) is 1. The van der Waals surface area contributed by atoms with Gasteiger partial charge in [0.05, 0.1) is 7.11 Å². The van der Waals surface area contributed by atoms with E-state index in [0.717, 1.165) is 18.7 Å². The van der Waals surface area contributed by atoms with Crippen LogP contribution in [0.5, 0.6) is 11.5 Å². The van der Waals surface area contributed by atoms with E-state index in [1.165, 1.54) is 12.8 Å². The summed E-state index contributed by atoms with van der Waals surface area (Å²) >= 11 is 0. The summed E-state index contributed by atoms with van der Waals surface area (Å²) in [6.45, 7) is 4.33. The lowest BCUT2D eigenvalue weighted by Crippen LogP contribution is -2.38. The standard InChI is InChI=1S/C20H30F2N2O3/c1-26-19-12-16(13-24-10-6-20(21,22)7-11-24)4-5-18(19)27-15-17(25)14-23-8-2-3-9-23/h4-5,12,17,25H,2-3,6-11,13-15H2,1H3/t17-/m1/s1. The van der Waals surface area contributed by atoms with E-state index in [1.807, 2.05) is 23.1 Å². The minimum atomic E-state index is -2.53. The summed E-state index contributed by atoms with van der Waals surface area (Å²) < 4.78 is 37.7. The average molecular weight is 384 g/mol. The molecule has 152 valence electrons. The molecule has 2 saturated heterocycles. The van der Waals surface area contributed by atoms with Crippen molar-refractivity contribution in [2.75, 3.05) is 46.4 Å². The lowest BCUT2D eigenvalue weighted by Gasteiger charge is -2.31. The van der Waals surface area contributed by atoms with Crippen LogP contribution in [0.4, 0.5) is 8.78 Å². The Morgan fingerprint density at radius 3 is 2.44 bits per heavy atom. The number of halogens is 2. The molecular formula is C20H30F2N2O3. The first kappa shape index (κ1) is 20.3. The monoisotopic (exact) mass is 384 g/mol. The van der Waals surface area contributed by atoms with Crippen molar-refractivity contribution in [2.24, 2.45) is 0 Å². The van der Waals surface area contributed by atoms with E-state index in [4.69, 9.17) is 9.47 Å². The van der Waals surface area contributed by atoms with Gasteiger partial charge in [-0.1, -0.05) is 6.07 Å². The van der Waals surface area contributed by atoms with E-state index in [9.17, 15) is 13.9 Å². The van der Waals surface area contributed by atoms with Gasteiger partial charge in [0.25, 0.3) is 5.92 Å². The second-order valence-electron chi connectivity index (χ2n) is 7.59. The molecule has 2 aliphatic heterocycles. The third-order valence-electron chi connectivity index (χ3n) is 5.32. The van der Waals surface area contributed by atoms with Gasteiger partial charge in [-0.25, -0.2) is 8.78 Å². The number of methoxy groups -OCH3 is 1. The van der Waals surface area contributed by atoms with E-state index < -0.39 is 12.0 Å². The zero-order chi connectivity index (χ0) is 19.3. The van der Waals surface area contributed by atoms with Gasteiger partial charge in [0.15, 0.2) is 11.5 Å². The van der Waals surface area contributed by atoms with Crippen LogP contribution in [0.3, 0.4) is 0 Å². The number of nitrogens with zero attached hydrogens (tertiary/aromatic N) is 2. The van der Waals surface area contributed by atoms with Crippen LogP contribution >= 0.6 is 0 Å². The fourth-order valence-electron chi connectivity index (χ4n) is 3.73. The second kappa shape index (κ2) is 9.17. The molecule has 2 aliphatic rings. The fourth-order valence-corrected chi connectivity index (χ4v) is 3.73. The predicted octanol–water partition coefficient (Wildman–Crippen LogP) is 2.76. The van der Waals surface area contributed by atoms with Gasteiger partial charge in [-0.2, -0.15) is 0 Å². The summed E-state index contributed by atoms with van der Waals surface area (Å²) in [6, 6.07) is 5.64. The number of piperidine rings is 1. The number of hydrogen-bond donors (Lipinski definition) is 1. The first-order valence-electron chi connectivity index (χ1n) is 9.75. The Morgan fingerprint density at radius 2 is 1.78 bits per heavy atom. The van der Waals surface area contributed by atoms with E-state index in [2.05, 4.69) is 4.90 Å². The summed E-state index contributed by atoms with van der Waals surface area (Å²) in [5.41, 5.74) is 1.00. The van der Waals surface area contributed by atoms with Crippen molar-refractivity contribution >= 4 is 0 Å². The minimum Gasteiger partial charge on any atom is -0.493 e. The molecule has 5 nitrogen and oxygen atoms in total. The van der Waals surface area contributed by atoms with E-state index >= 15 is 0 Å². The van der Waals surface area contributed by atoms with Gasteiger partial charge in [0.2, 0.25) is 0 Å². The van der Waals surface area contributed by atoms with E-state index in [0.29, 0.717) is 37.7 Å². The molecule has 2 heterocycles. The van der Waals surface area contributed by atoms with Gasteiger partial charge in [-0.3, -0.25) is 4.90 Å². The summed E-state index contributed by atoms with van der Waals surface area (Å²) in [4.78, 5) is 4.28. The van der Waals surface area contributed by atoms with Crippen molar-refractivity contribution in [3.8, 4) is 11.5 Å². The van der Waals surface area contributed by atoms with Crippen LogP contribution in [-0.4, -0.2) is 73.4 Å². The lowest BCUT2D eigenvalue weighted by molar-refractivity contribution is -0.0566. The molecule has 0 spiro atoms. The summed E-state index contributed by atoms with van der Waals surface area (Å²) in [6.07, 6.45) is 1.68. The highest BCUT2D eigenvalue weighted by atomic mass is 19.3. The second-order valence-corrected chi connectivity index (χ2v) is 7.59. The predicted molar refractivity (Wildman–Crippen MR) is 99.6 cm³/mol. The zero-order valence-corrected chi connectivity index (χ0v) is 16.0. The van der Waals surface area contributed by atoms with Gasteiger partial charge in [0.1, 0.15) is 12.7 Å². The number of aliphatic hydroxyl groups is 1. The van der Waals surface area contributed by atoms with Crippen LogP contribution in [0, 0.1) is 0 Å². The molecule has 1 N–H and O–H groups in total. The van der Waals surface area contributed by atoms with Crippen LogP contribution in [0.1, 0.15) is 31.2 Å². The van der Waals surface area contributed by atoms with Gasteiger partial charge in [-0.15, -0.1) is 0 Å². The van der Waals surface area contributed by atoms with Crippen LogP contribution in [0.25, 0.3) is 0 Å². The Labute approximate surface area is 159 Å². The maximum atomic E-state index is 13.3. The van der Waals surface area contributed by atoms with Crippen molar-refractivity contribution in [1.29, 1.82) is 0 Å². The van der Waals surface area contributed by atoms with Crippen LogP contribution in [0.15, 0.2) is 18.2 Å². The van der Waals surface area contributed by atoms with Gasteiger partial charge < -0.3 is 19.5 Å². The van der Waals surface area contributed by atoms with Crippen molar-refractivity contribution in [1.82, 2.24) is 9.80 Å². The molecule has 3 rings (SSSR count). The molecule has 2 fully saturated rings. The maximum Gasteiger partial charge on any atom is 0.250 e. The average Bonchev–Trinajstić information content (AvgIpc) is 3.15. The highest BCUT2D eigenvalue weighted by Crippen LogP contribution is 2.31. The molecule has 0 unspecified atom stereocenters. The third kappa shape index (κ3) is 6.02. The molecular weight excluding hydrogens is 354 g/mol. The first-order valence-corrected chi connectivity index (χ1v) is 9.75. The Bertz CT molecular complexity index is 599. The molecule has 27 heavy (non-hydrogen) atoms. The van der Waals surface area contributed by atoms with Gasteiger partial charge >= 0.3 is 0 Å². The zero-order valence-electron chi connectivity index (χ0n) is 16.0. The molecule has 1 aromatic rings. The van der Waals surface area contributed by atoms with E-state index in [-0.39, 0.29) is 19.4 Å². The summed E-state index contributed by atoms with van der Waals surface area (Å²) in [5, 5.41) is 10.2. The van der Waals surface area contributed by atoms with Crippen molar-refractivity contribution in [2.45, 2.75) is 44.3 Å². The topological polar surface area (TPSA) is 45.2 Å². The Balaban J connectivity index is 1.51. The largest absolute Gasteiger partial charge is 0.493 e. The number of alkyl halides is 2. The summed E-state index contributed by atoms with van der Waals surface area (Å²) in [7, 11) is 1.58.